The molecular weight excluding hydrogens is 414 g/mol. The lowest BCUT2D eigenvalue weighted by Crippen LogP contribution is -2.20. The first kappa shape index (κ1) is 21.2. The number of anilines is 1. The second-order valence-corrected chi connectivity index (χ2v) is 8.51. The standard InChI is InChI=1S/C24H25NO5S/c1-28-21-12-16(23(26)29-2)8-7-15(21)11-17-14-31-22-10-9-18(13-20(17)22)25-24(27)30-19-5-3-4-6-19/h7-10,12-14,19H,3-6,11H2,1-2H3,(H,25,27). The van der Waals surface area contributed by atoms with Gasteiger partial charge >= 0.3 is 12.1 Å². The van der Waals surface area contributed by atoms with Crippen LogP contribution in [0.1, 0.15) is 47.2 Å². The van der Waals surface area contributed by atoms with Gasteiger partial charge in [0.25, 0.3) is 0 Å². The third-order valence-corrected chi connectivity index (χ3v) is 6.58. The summed E-state index contributed by atoms with van der Waals surface area (Å²) in [6.45, 7) is 0. The monoisotopic (exact) mass is 439 g/mol. The number of nitrogens with one attached hydrogen (secondary N) is 1. The minimum atomic E-state index is -0.400. The Balaban J connectivity index is 1.54. The van der Waals surface area contributed by atoms with Crippen LogP contribution in [0.15, 0.2) is 41.8 Å². The van der Waals surface area contributed by atoms with E-state index in [1.807, 2.05) is 24.3 Å². The van der Waals surface area contributed by atoms with E-state index in [1.165, 1.54) is 7.11 Å². The summed E-state index contributed by atoms with van der Waals surface area (Å²) in [5.74, 6) is 0.239. The van der Waals surface area contributed by atoms with E-state index in [4.69, 9.17) is 14.2 Å². The molecule has 162 valence electrons. The van der Waals surface area contributed by atoms with Gasteiger partial charge < -0.3 is 14.2 Å². The van der Waals surface area contributed by atoms with Crippen LogP contribution in [0.3, 0.4) is 0 Å². The van der Waals surface area contributed by atoms with Crippen molar-refractivity contribution in [2.45, 2.75) is 38.2 Å². The largest absolute Gasteiger partial charge is 0.496 e. The highest BCUT2D eigenvalue weighted by molar-refractivity contribution is 7.17. The van der Waals surface area contributed by atoms with Crippen molar-refractivity contribution in [3.63, 3.8) is 0 Å². The lowest BCUT2D eigenvalue weighted by atomic mass is 10.0. The number of hydrogen-bond donors (Lipinski definition) is 1. The molecule has 0 bridgehead atoms. The first-order chi connectivity index (χ1) is 15.1. The minimum Gasteiger partial charge on any atom is -0.496 e. The summed E-state index contributed by atoms with van der Waals surface area (Å²) in [5.41, 5.74) is 3.25. The van der Waals surface area contributed by atoms with Crippen LogP contribution in [0, 0.1) is 0 Å². The van der Waals surface area contributed by atoms with Crippen LogP contribution in [0.25, 0.3) is 10.1 Å². The van der Waals surface area contributed by atoms with Crippen LogP contribution < -0.4 is 10.1 Å². The predicted octanol–water partition coefficient (Wildman–Crippen LogP) is 5.78. The number of esters is 1. The number of fused-ring (bicyclic) bond motifs is 1. The smallest absolute Gasteiger partial charge is 0.411 e. The van der Waals surface area contributed by atoms with Gasteiger partial charge in [0, 0.05) is 16.8 Å². The molecule has 0 saturated heterocycles. The molecule has 2 aromatic carbocycles. The van der Waals surface area contributed by atoms with Gasteiger partial charge in [0.1, 0.15) is 11.9 Å². The van der Waals surface area contributed by atoms with Crippen LogP contribution >= 0.6 is 11.3 Å². The Morgan fingerprint density at radius 3 is 2.61 bits per heavy atom. The number of ether oxygens (including phenoxy) is 3. The van der Waals surface area contributed by atoms with Crippen LogP contribution in [0.4, 0.5) is 10.5 Å². The van der Waals surface area contributed by atoms with Crippen LogP contribution in [-0.2, 0) is 15.9 Å². The van der Waals surface area contributed by atoms with Crippen molar-refractivity contribution in [1.29, 1.82) is 0 Å². The maximum Gasteiger partial charge on any atom is 0.411 e. The average molecular weight is 440 g/mol. The lowest BCUT2D eigenvalue weighted by molar-refractivity contribution is 0.0600. The van der Waals surface area contributed by atoms with Gasteiger partial charge in [-0.1, -0.05) is 6.07 Å². The van der Waals surface area contributed by atoms with Gasteiger partial charge in [-0.25, -0.2) is 9.59 Å². The molecule has 4 rings (SSSR count). The molecule has 1 heterocycles. The van der Waals surface area contributed by atoms with E-state index < -0.39 is 12.1 Å². The van der Waals surface area contributed by atoms with Crippen molar-refractivity contribution in [1.82, 2.24) is 0 Å². The van der Waals surface area contributed by atoms with Gasteiger partial charge in [0.05, 0.1) is 19.8 Å². The number of hydrogen-bond acceptors (Lipinski definition) is 6. The molecule has 31 heavy (non-hydrogen) atoms. The number of amides is 1. The third kappa shape index (κ3) is 4.82. The SMILES string of the molecule is COC(=O)c1ccc(Cc2csc3ccc(NC(=O)OC4CCCC4)cc23)c(OC)c1. The minimum absolute atomic E-state index is 0.0286. The summed E-state index contributed by atoms with van der Waals surface area (Å²) >= 11 is 1.65. The van der Waals surface area contributed by atoms with Crippen molar-refractivity contribution >= 4 is 39.2 Å². The Morgan fingerprint density at radius 2 is 1.87 bits per heavy atom. The Hall–Kier alpha value is -3.06. The quantitative estimate of drug-likeness (QED) is 0.493. The van der Waals surface area contributed by atoms with Gasteiger partial charge in [-0.2, -0.15) is 0 Å². The molecule has 1 amide bonds. The number of rotatable bonds is 6. The van der Waals surface area contributed by atoms with Crippen molar-refractivity contribution in [3.05, 3.63) is 58.5 Å². The van der Waals surface area contributed by atoms with Crippen molar-refractivity contribution in [2.75, 3.05) is 19.5 Å². The van der Waals surface area contributed by atoms with E-state index in [0.29, 0.717) is 23.4 Å². The zero-order chi connectivity index (χ0) is 21.8. The fourth-order valence-corrected chi connectivity index (χ4v) is 4.89. The number of methoxy groups -OCH3 is 2. The average Bonchev–Trinajstić information content (AvgIpc) is 3.43. The maximum absolute atomic E-state index is 12.2. The third-order valence-electron chi connectivity index (χ3n) is 5.57. The van der Waals surface area contributed by atoms with Crippen molar-refractivity contribution in [3.8, 4) is 5.75 Å². The summed E-state index contributed by atoms with van der Waals surface area (Å²) < 4.78 is 16.9. The summed E-state index contributed by atoms with van der Waals surface area (Å²) in [7, 11) is 2.94. The van der Waals surface area contributed by atoms with Gasteiger partial charge in [0.2, 0.25) is 0 Å². The van der Waals surface area contributed by atoms with E-state index in [0.717, 1.165) is 46.9 Å². The number of carbonyl (C=O) groups is 2. The van der Waals surface area contributed by atoms with Gasteiger partial charge in [-0.05, 0) is 77.9 Å². The van der Waals surface area contributed by atoms with Gasteiger partial charge in [-0.15, -0.1) is 11.3 Å². The van der Waals surface area contributed by atoms with Crippen molar-refractivity contribution < 1.29 is 23.8 Å². The van der Waals surface area contributed by atoms with E-state index in [1.54, 1.807) is 30.6 Å². The number of carbonyl (C=O) groups excluding carboxylic acids is 2. The molecule has 1 fully saturated rings. The Labute approximate surface area is 185 Å². The van der Waals surface area contributed by atoms with E-state index >= 15 is 0 Å². The molecule has 6 nitrogen and oxygen atoms in total. The molecule has 0 atom stereocenters. The summed E-state index contributed by atoms with van der Waals surface area (Å²) in [6.07, 6.45) is 4.39. The molecule has 3 aromatic rings. The molecule has 1 aliphatic carbocycles. The predicted molar refractivity (Wildman–Crippen MR) is 121 cm³/mol. The van der Waals surface area contributed by atoms with Crippen LogP contribution in [0.5, 0.6) is 5.75 Å². The zero-order valence-corrected chi connectivity index (χ0v) is 18.4. The van der Waals surface area contributed by atoms with E-state index in [-0.39, 0.29) is 6.10 Å². The van der Waals surface area contributed by atoms with Crippen molar-refractivity contribution in [2.24, 2.45) is 0 Å². The van der Waals surface area contributed by atoms with Gasteiger partial charge in [0.15, 0.2) is 0 Å². The van der Waals surface area contributed by atoms with Crippen LogP contribution in [-0.4, -0.2) is 32.4 Å². The summed E-state index contributed by atoms with van der Waals surface area (Å²) in [4.78, 5) is 24.0. The molecule has 0 spiro atoms. The fraction of sp³-hybridized carbons (Fsp3) is 0.333. The molecule has 0 unspecified atom stereocenters. The van der Waals surface area contributed by atoms with Gasteiger partial charge in [-0.3, -0.25) is 5.32 Å². The maximum atomic E-state index is 12.2. The summed E-state index contributed by atoms with van der Waals surface area (Å²) in [5, 5.41) is 6.04. The molecule has 1 aliphatic rings. The van der Waals surface area contributed by atoms with Crippen LogP contribution in [0.2, 0.25) is 0 Å². The molecule has 7 heteroatoms. The molecule has 0 radical (unpaired) electrons. The molecule has 1 saturated carbocycles. The highest BCUT2D eigenvalue weighted by atomic mass is 32.1. The first-order valence-electron chi connectivity index (χ1n) is 10.3. The molecular formula is C24H25NO5S. The first-order valence-corrected chi connectivity index (χ1v) is 11.2. The Morgan fingerprint density at radius 1 is 1.06 bits per heavy atom. The Bertz CT molecular complexity index is 1100. The zero-order valence-electron chi connectivity index (χ0n) is 17.6. The molecule has 0 aliphatic heterocycles. The second-order valence-electron chi connectivity index (χ2n) is 7.60. The number of benzene rings is 2. The Kier molecular flexibility index (Phi) is 6.42. The highest BCUT2D eigenvalue weighted by Crippen LogP contribution is 2.33. The topological polar surface area (TPSA) is 73.9 Å². The second kappa shape index (κ2) is 9.39. The lowest BCUT2D eigenvalue weighted by Gasteiger charge is -2.12. The highest BCUT2D eigenvalue weighted by Gasteiger charge is 2.19. The summed E-state index contributed by atoms with van der Waals surface area (Å²) in [6, 6.07) is 11.2. The molecule has 1 aromatic heterocycles. The van der Waals surface area contributed by atoms with E-state index in [9.17, 15) is 9.59 Å². The molecule has 1 N–H and O–H groups in total. The fourth-order valence-electron chi connectivity index (χ4n) is 3.94. The van der Waals surface area contributed by atoms with E-state index in [2.05, 4.69) is 10.7 Å². The number of thiophene rings is 1. The normalized spacial score (nSPS) is 13.9.